The molecule has 8 rings (SSSR count). The molecular formula is C66H76N2O18. The van der Waals surface area contributed by atoms with Crippen molar-refractivity contribution in [3.8, 4) is 11.5 Å². The Morgan fingerprint density at radius 2 is 1.43 bits per heavy atom. The lowest BCUT2D eigenvalue weighted by Crippen LogP contribution is -2.82. The summed E-state index contributed by atoms with van der Waals surface area (Å²) in [6.45, 7) is 9.64. The van der Waals surface area contributed by atoms with Gasteiger partial charge >= 0.3 is 35.8 Å². The number of nitrogens with one attached hydrogen (secondary N) is 1. The van der Waals surface area contributed by atoms with Crippen LogP contribution in [-0.2, 0) is 84.7 Å². The van der Waals surface area contributed by atoms with Crippen molar-refractivity contribution in [1.82, 2.24) is 10.2 Å². The summed E-state index contributed by atoms with van der Waals surface area (Å²) < 4.78 is 56.0. The van der Waals surface area contributed by atoms with Gasteiger partial charge in [-0.2, -0.15) is 0 Å². The zero-order valence-corrected chi connectivity index (χ0v) is 50.2. The first-order valence-corrected chi connectivity index (χ1v) is 28.6. The standard InChI is InChI=1S/C66H76N2O18/c1-39(69)29-30-46-27-20-28-47(78-10)56(46)84-51(72)31-32-52(73)85-58(55(45-25-18-13-19-26-45)67-35-43-21-14-11-15-22-43)62(76)82-48-34-66(77)61(79-37-44-23-16-12-17-24-44)59-64(7,60(75)57(81-41(3)70)54(40(48)2)63(66,5)6)49(83-53(74)36-68(8)9)33-50-65(59,38-80-50)86-42(4)71/h11-30,48-50,55,57-59,61,67,77H,31-38H2,1-10H3/b30-29-/t48-,49-,50+,55-,57+,58+,59-,61-,64+,65-,66+/m0/s1. The molecule has 1 saturated heterocycles. The largest absolute Gasteiger partial charge is 0.493 e. The molecule has 1 heterocycles. The van der Waals surface area contributed by atoms with Crippen LogP contribution in [-0.4, -0.2) is 140 Å². The molecule has 1 aliphatic heterocycles. The fourth-order valence-electron chi connectivity index (χ4n) is 12.7. The average molecular weight is 1190 g/mol. The molecule has 4 aromatic rings. The Kier molecular flexibility index (Phi) is 20.0. The van der Waals surface area contributed by atoms with Crippen LogP contribution >= 0.6 is 0 Å². The minimum atomic E-state index is -2.30. The minimum absolute atomic E-state index is 0.00347. The molecule has 2 bridgehead atoms. The van der Waals surface area contributed by atoms with E-state index in [9.17, 15) is 33.9 Å². The zero-order valence-electron chi connectivity index (χ0n) is 50.2. The number of allylic oxidation sites excluding steroid dienone is 1. The molecule has 20 heteroatoms. The van der Waals surface area contributed by atoms with Crippen LogP contribution in [0.4, 0.5) is 0 Å². The van der Waals surface area contributed by atoms with Crippen molar-refractivity contribution in [2.75, 3.05) is 34.4 Å². The highest BCUT2D eigenvalue weighted by Gasteiger charge is 2.78. The van der Waals surface area contributed by atoms with E-state index < -0.39 is 131 Å². The summed E-state index contributed by atoms with van der Waals surface area (Å²) in [5.41, 5.74) is -5.10. The Labute approximate surface area is 500 Å². The second-order valence-corrected chi connectivity index (χ2v) is 23.4. The fraction of sp³-hybridized carbons (Fsp3) is 0.455. The van der Waals surface area contributed by atoms with E-state index in [0.29, 0.717) is 16.7 Å². The second kappa shape index (κ2) is 26.8. The molecule has 3 aliphatic carbocycles. The van der Waals surface area contributed by atoms with Gasteiger partial charge in [0.2, 0.25) is 6.10 Å². The van der Waals surface area contributed by atoms with E-state index in [1.165, 1.54) is 33.1 Å². The SMILES string of the molecule is COc1cccc(/C=C\C(C)=O)c1OC(=O)CCC(=O)O[C@@H](C(=O)O[C@H]1C[C@@]2(O)[C@@H](OCc3ccccc3)[C@@H]3[C@]4(OC(C)=O)CO[C@@H]4C[C@H](OC(=O)CN(C)C)[C@@]3(C)C(=O)[C@H](OC(C)=O)C(=C1C)C2(C)C)[C@@H](NCc1ccccc1)c1ccccc1. The van der Waals surface area contributed by atoms with Gasteiger partial charge in [-0.1, -0.05) is 117 Å². The Bertz CT molecular complexity index is 3240. The number of carbonyl (C=O) groups excluding carboxylic acids is 8. The number of nitrogens with zero attached hydrogens (tertiary/aromatic N) is 1. The van der Waals surface area contributed by atoms with Crippen LogP contribution in [0.1, 0.15) is 102 Å². The molecule has 86 heavy (non-hydrogen) atoms. The smallest absolute Gasteiger partial charge is 0.350 e. The monoisotopic (exact) mass is 1180 g/mol. The molecule has 4 aromatic carbocycles. The van der Waals surface area contributed by atoms with Crippen LogP contribution in [0.3, 0.4) is 0 Å². The first kappa shape index (κ1) is 64.1. The molecule has 3 fully saturated rings. The molecule has 4 aliphatic rings. The van der Waals surface area contributed by atoms with E-state index in [-0.39, 0.29) is 61.2 Å². The van der Waals surface area contributed by atoms with Gasteiger partial charge in [-0.3, -0.25) is 38.5 Å². The molecule has 0 spiro atoms. The number of likely N-dealkylation sites (N-methyl/N-ethyl adjacent to an activating group) is 1. The van der Waals surface area contributed by atoms with Gasteiger partial charge in [0.25, 0.3) is 0 Å². The molecule has 0 aromatic heterocycles. The molecule has 0 radical (unpaired) electrons. The summed E-state index contributed by atoms with van der Waals surface area (Å²) in [5.74, 6) is -7.62. The highest BCUT2D eigenvalue weighted by Crippen LogP contribution is 2.65. The predicted octanol–water partition coefficient (Wildman–Crippen LogP) is 7.12. The number of rotatable bonds is 23. The van der Waals surface area contributed by atoms with Crippen LogP contribution in [0.25, 0.3) is 6.08 Å². The third-order valence-corrected chi connectivity index (χ3v) is 17.0. The predicted molar refractivity (Wildman–Crippen MR) is 310 cm³/mol. The normalized spacial score (nSPS) is 26.3. The molecule has 0 amide bonds. The first-order chi connectivity index (χ1) is 40.8. The second-order valence-electron chi connectivity index (χ2n) is 23.4. The van der Waals surface area contributed by atoms with E-state index in [4.69, 9.17) is 42.6 Å². The number of fused-ring (bicyclic) bond motifs is 5. The lowest BCUT2D eigenvalue weighted by atomic mass is 9.44. The minimum Gasteiger partial charge on any atom is -0.493 e. The van der Waals surface area contributed by atoms with Gasteiger partial charge in [0.15, 0.2) is 34.8 Å². The van der Waals surface area contributed by atoms with Gasteiger partial charge in [-0.05, 0) is 80.9 Å². The maximum Gasteiger partial charge on any atom is 0.350 e. The number of para-hydroxylation sites is 1. The van der Waals surface area contributed by atoms with E-state index in [1.54, 1.807) is 119 Å². The van der Waals surface area contributed by atoms with Crippen molar-refractivity contribution in [1.29, 1.82) is 0 Å². The van der Waals surface area contributed by atoms with Gasteiger partial charge < -0.3 is 53.1 Å². The molecule has 2 N–H and O–H groups in total. The average Bonchev–Trinajstić information content (AvgIpc) is 0.672. The number of hydrogen-bond donors (Lipinski definition) is 2. The maximum absolute atomic E-state index is 16.4. The molecule has 458 valence electrons. The highest BCUT2D eigenvalue weighted by molar-refractivity contribution is 5.96. The van der Waals surface area contributed by atoms with Crippen molar-refractivity contribution >= 4 is 53.5 Å². The molecular weight excluding hydrogens is 1110 g/mol. The Morgan fingerprint density at radius 3 is 2.02 bits per heavy atom. The van der Waals surface area contributed by atoms with Gasteiger partial charge in [-0.15, -0.1) is 0 Å². The number of aliphatic hydroxyl groups is 1. The van der Waals surface area contributed by atoms with Crippen LogP contribution in [0.15, 0.2) is 126 Å². The molecule has 11 atom stereocenters. The van der Waals surface area contributed by atoms with Gasteiger partial charge in [0.1, 0.15) is 23.9 Å². The molecule has 2 saturated carbocycles. The first-order valence-electron chi connectivity index (χ1n) is 28.6. The molecule has 0 unspecified atom stereocenters. The summed E-state index contributed by atoms with van der Waals surface area (Å²) in [6.07, 6.45) is -8.10. The van der Waals surface area contributed by atoms with Crippen molar-refractivity contribution in [3.05, 3.63) is 149 Å². The summed E-state index contributed by atoms with van der Waals surface area (Å²) in [7, 11) is 4.72. The van der Waals surface area contributed by atoms with Crippen molar-refractivity contribution < 1.29 is 86.1 Å². The quantitative estimate of drug-likeness (QED) is 0.0246. The Morgan fingerprint density at radius 1 is 0.791 bits per heavy atom. The Hall–Kier alpha value is -7.88. The zero-order chi connectivity index (χ0) is 62.3. The van der Waals surface area contributed by atoms with E-state index >= 15 is 9.59 Å². The number of hydrogen-bond acceptors (Lipinski definition) is 20. The third kappa shape index (κ3) is 13.4. The van der Waals surface area contributed by atoms with Crippen LogP contribution in [0.5, 0.6) is 11.5 Å². The summed E-state index contributed by atoms with van der Waals surface area (Å²) in [5, 5.41) is 17.8. The van der Waals surface area contributed by atoms with Crippen LogP contribution in [0, 0.1) is 16.7 Å². The number of ketones is 2. The van der Waals surface area contributed by atoms with Crippen molar-refractivity contribution in [3.63, 3.8) is 0 Å². The summed E-state index contributed by atoms with van der Waals surface area (Å²) in [6, 6.07) is 30.6. The molecule has 20 nitrogen and oxygen atoms in total. The van der Waals surface area contributed by atoms with Gasteiger partial charge in [0, 0.05) is 50.1 Å². The summed E-state index contributed by atoms with van der Waals surface area (Å²) >= 11 is 0. The third-order valence-electron chi connectivity index (χ3n) is 17.0. The number of esters is 6. The van der Waals surface area contributed by atoms with Crippen LogP contribution < -0.4 is 14.8 Å². The maximum atomic E-state index is 16.4. The van der Waals surface area contributed by atoms with Crippen molar-refractivity contribution in [2.24, 2.45) is 16.7 Å². The fourth-order valence-corrected chi connectivity index (χ4v) is 12.7. The highest BCUT2D eigenvalue weighted by atomic mass is 16.6. The number of methoxy groups -OCH3 is 1. The lowest BCUT2D eigenvalue weighted by molar-refractivity contribution is -0.352. The topological polar surface area (TPSA) is 255 Å². The number of carbonyl (C=O) groups is 8. The van der Waals surface area contributed by atoms with Gasteiger partial charge in [0.05, 0.1) is 57.3 Å². The van der Waals surface area contributed by atoms with Gasteiger partial charge in [-0.25, -0.2) is 4.79 Å². The van der Waals surface area contributed by atoms with E-state index in [1.807, 2.05) is 36.4 Å². The number of benzene rings is 4. The lowest BCUT2D eigenvalue weighted by Gasteiger charge is -2.68. The summed E-state index contributed by atoms with van der Waals surface area (Å²) in [4.78, 5) is 114. The van der Waals surface area contributed by atoms with E-state index in [0.717, 1.165) is 12.5 Å². The van der Waals surface area contributed by atoms with E-state index in [2.05, 4.69) is 5.32 Å². The van der Waals surface area contributed by atoms with Crippen LogP contribution in [0.2, 0.25) is 0 Å². The number of ether oxygens (including phenoxy) is 9. The Balaban J connectivity index is 1.25. The van der Waals surface area contributed by atoms with Crippen molar-refractivity contribution in [2.45, 2.75) is 141 Å². The number of Topliss-reactive ketones (excluding diaryl/α,β-unsaturated/α-hetero) is 1.